The first-order chi connectivity index (χ1) is 8.13. The molecule has 3 N–H and O–H groups in total. The van der Waals surface area contributed by atoms with Gasteiger partial charge in [-0.3, -0.25) is 4.79 Å². The first-order valence-electron chi connectivity index (χ1n) is 5.76. The summed E-state index contributed by atoms with van der Waals surface area (Å²) in [5.74, 6) is 0.00227. The number of nitrogens with one attached hydrogen (secondary N) is 1. The van der Waals surface area contributed by atoms with E-state index in [2.05, 4.69) is 4.98 Å². The van der Waals surface area contributed by atoms with Gasteiger partial charge < -0.3 is 15.6 Å². The zero-order valence-corrected chi connectivity index (χ0v) is 10.2. The van der Waals surface area contributed by atoms with E-state index in [4.69, 9.17) is 5.73 Å². The molecule has 1 aromatic heterocycles. The number of nitrogens with zero attached hydrogens (tertiary/aromatic N) is 1. The number of carbonyl (C=O) groups excluding carboxylic acids is 1. The molecule has 4 nitrogen and oxygen atoms in total. The van der Waals surface area contributed by atoms with Crippen LogP contribution in [0.5, 0.6) is 0 Å². The Morgan fingerprint density at radius 1 is 1.47 bits per heavy atom. The molecule has 2 aromatic rings. The van der Waals surface area contributed by atoms with E-state index in [-0.39, 0.29) is 5.91 Å². The number of amides is 1. The lowest BCUT2D eigenvalue weighted by Crippen LogP contribution is -2.27. The molecule has 0 unspecified atom stereocenters. The van der Waals surface area contributed by atoms with E-state index < -0.39 is 0 Å². The minimum absolute atomic E-state index is 0.00227. The average Bonchev–Trinajstić information content (AvgIpc) is 2.73. The lowest BCUT2D eigenvalue weighted by molar-refractivity contribution is 0.0790. The Kier molecular flexibility index (Phi) is 3.04. The van der Waals surface area contributed by atoms with E-state index in [9.17, 15) is 4.79 Å². The SMILES string of the molecule is CCCN(C)C(=O)c1cc2cccc(N)c2[nH]1. The maximum absolute atomic E-state index is 12.1. The van der Waals surface area contributed by atoms with Crippen molar-refractivity contribution < 1.29 is 4.79 Å². The van der Waals surface area contributed by atoms with Crippen molar-refractivity contribution in [2.45, 2.75) is 13.3 Å². The van der Waals surface area contributed by atoms with Crippen LogP contribution in [0.1, 0.15) is 23.8 Å². The van der Waals surface area contributed by atoms with Crippen molar-refractivity contribution in [2.75, 3.05) is 19.3 Å². The van der Waals surface area contributed by atoms with Crippen LogP contribution in [0.2, 0.25) is 0 Å². The average molecular weight is 231 g/mol. The highest BCUT2D eigenvalue weighted by atomic mass is 16.2. The first-order valence-corrected chi connectivity index (χ1v) is 5.76. The largest absolute Gasteiger partial charge is 0.397 e. The summed E-state index contributed by atoms with van der Waals surface area (Å²) in [4.78, 5) is 16.9. The minimum atomic E-state index is 0.00227. The predicted molar refractivity (Wildman–Crippen MR) is 70.0 cm³/mol. The van der Waals surface area contributed by atoms with Crippen molar-refractivity contribution in [2.24, 2.45) is 0 Å². The zero-order valence-electron chi connectivity index (χ0n) is 10.2. The smallest absolute Gasteiger partial charge is 0.270 e. The van der Waals surface area contributed by atoms with Crippen LogP contribution in [0.4, 0.5) is 5.69 Å². The summed E-state index contributed by atoms with van der Waals surface area (Å²) in [5.41, 5.74) is 7.94. The van der Waals surface area contributed by atoms with Gasteiger partial charge in [-0.05, 0) is 18.6 Å². The lowest BCUT2D eigenvalue weighted by Gasteiger charge is -2.14. The molecule has 0 atom stereocenters. The number of nitrogens with two attached hydrogens (primary N) is 1. The highest BCUT2D eigenvalue weighted by molar-refractivity contribution is 6.00. The molecule has 0 aliphatic rings. The van der Waals surface area contributed by atoms with E-state index in [0.29, 0.717) is 11.4 Å². The Bertz CT molecular complexity index is 545. The quantitative estimate of drug-likeness (QED) is 0.796. The normalized spacial score (nSPS) is 10.7. The van der Waals surface area contributed by atoms with E-state index >= 15 is 0 Å². The van der Waals surface area contributed by atoms with Gasteiger partial charge in [0.15, 0.2) is 0 Å². The number of para-hydroxylation sites is 1. The Morgan fingerprint density at radius 2 is 2.24 bits per heavy atom. The number of fused-ring (bicyclic) bond motifs is 1. The number of nitrogen functional groups attached to an aromatic ring is 1. The maximum Gasteiger partial charge on any atom is 0.270 e. The Hall–Kier alpha value is -1.97. The van der Waals surface area contributed by atoms with E-state index in [1.807, 2.05) is 31.2 Å². The molecule has 0 aliphatic heterocycles. The molecule has 0 bridgehead atoms. The van der Waals surface area contributed by atoms with Crippen molar-refractivity contribution in [1.29, 1.82) is 0 Å². The second kappa shape index (κ2) is 4.49. The standard InChI is InChI=1S/C13H17N3O/c1-3-7-16(2)13(17)11-8-9-5-4-6-10(14)12(9)15-11/h4-6,8,15H,3,7,14H2,1-2H3. The summed E-state index contributed by atoms with van der Waals surface area (Å²) >= 11 is 0. The van der Waals surface area contributed by atoms with Crippen LogP contribution in [0.3, 0.4) is 0 Å². The van der Waals surface area contributed by atoms with Gasteiger partial charge in [-0.15, -0.1) is 0 Å². The van der Waals surface area contributed by atoms with Gasteiger partial charge in [0.25, 0.3) is 5.91 Å². The van der Waals surface area contributed by atoms with Gasteiger partial charge in [0, 0.05) is 19.0 Å². The van der Waals surface area contributed by atoms with Crippen molar-refractivity contribution in [1.82, 2.24) is 9.88 Å². The van der Waals surface area contributed by atoms with Gasteiger partial charge in [0.2, 0.25) is 0 Å². The third-order valence-corrected chi connectivity index (χ3v) is 2.82. The van der Waals surface area contributed by atoms with Gasteiger partial charge in [-0.25, -0.2) is 0 Å². The van der Waals surface area contributed by atoms with Crippen LogP contribution in [0.15, 0.2) is 24.3 Å². The van der Waals surface area contributed by atoms with Crippen LogP contribution in [-0.4, -0.2) is 29.4 Å². The lowest BCUT2D eigenvalue weighted by atomic mass is 10.2. The maximum atomic E-state index is 12.1. The summed E-state index contributed by atoms with van der Waals surface area (Å²) in [6, 6.07) is 7.50. The summed E-state index contributed by atoms with van der Waals surface area (Å²) in [5, 5.41) is 0.971. The van der Waals surface area contributed by atoms with Crippen LogP contribution in [0.25, 0.3) is 10.9 Å². The molecular formula is C13H17N3O. The number of hydrogen-bond donors (Lipinski definition) is 2. The molecule has 0 spiro atoms. The van der Waals surface area contributed by atoms with Gasteiger partial charge in [-0.1, -0.05) is 19.1 Å². The Balaban J connectivity index is 2.37. The number of rotatable bonds is 3. The first kappa shape index (κ1) is 11.5. The summed E-state index contributed by atoms with van der Waals surface area (Å²) in [6.07, 6.45) is 0.949. The van der Waals surface area contributed by atoms with Crippen molar-refractivity contribution in [3.8, 4) is 0 Å². The second-order valence-corrected chi connectivity index (χ2v) is 4.22. The fourth-order valence-electron chi connectivity index (χ4n) is 1.94. The number of aromatic amines is 1. The van der Waals surface area contributed by atoms with E-state index in [1.54, 1.807) is 11.9 Å². The summed E-state index contributed by atoms with van der Waals surface area (Å²) in [6.45, 7) is 2.80. The Morgan fingerprint density at radius 3 is 2.88 bits per heavy atom. The number of benzene rings is 1. The molecule has 0 saturated carbocycles. The van der Waals surface area contributed by atoms with Crippen molar-refractivity contribution >= 4 is 22.5 Å². The van der Waals surface area contributed by atoms with Crippen LogP contribution < -0.4 is 5.73 Å². The number of carbonyl (C=O) groups is 1. The van der Waals surface area contributed by atoms with E-state index in [1.165, 1.54) is 0 Å². The number of anilines is 1. The fourth-order valence-corrected chi connectivity index (χ4v) is 1.94. The molecule has 0 fully saturated rings. The highest BCUT2D eigenvalue weighted by Crippen LogP contribution is 2.21. The molecular weight excluding hydrogens is 214 g/mol. The fraction of sp³-hybridized carbons (Fsp3) is 0.308. The molecule has 17 heavy (non-hydrogen) atoms. The Labute approximate surface area is 100 Å². The molecule has 1 heterocycles. The van der Waals surface area contributed by atoms with Gasteiger partial charge in [-0.2, -0.15) is 0 Å². The van der Waals surface area contributed by atoms with Crippen LogP contribution in [0, 0.1) is 0 Å². The molecule has 0 radical (unpaired) electrons. The van der Waals surface area contributed by atoms with Crippen LogP contribution in [-0.2, 0) is 0 Å². The molecule has 0 aliphatic carbocycles. The van der Waals surface area contributed by atoms with Gasteiger partial charge in [0.1, 0.15) is 5.69 Å². The van der Waals surface area contributed by atoms with Crippen molar-refractivity contribution in [3.63, 3.8) is 0 Å². The highest BCUT2D eigenvalue weighted by Gasteiger charge is 2.14. The number of hydrogen-bond acceptors (Lipinski definition) is 2. The molecule has 1 amide bonds. The topological polar surface area (TPSA) is 62.1 Å². The zero-order chi connectivity index (χ0) is 12.4. The summed E-state index contributed by atoms with van der Waals surface area (Å²) < 4.78 is 0. The molecule has 1 aromatic carbocycles. The molecule has 4 heteroatoms. The monoisotopic (exact) mass is 231 g/mol. The summed E-state index contributed by atoms with van der Waals surface area (Å²) in [7, 11) is 1.81. The van der Waals surface area contributed by atoms with E-state index in [0.717, 1.165) is 23.9 Å². The molecule has 90 valence electrons. The molecule has 2 rings (SSSR count). The minimum Gasteiger partial charge on any atom is -0.397 e. The van der Waals surface area contributed by atoms with Crippen molar-refractivity contribution in [3.05, 3.63) is 30.0 Å². The van der Waals surface area contributed by atoms with Crippen LogP contribution >= 0.6 is 0 Å². The number of H-pyrrole nitrogens is 1. The molecule has 0 saturated heterocycles. The third-order valence-electron chi connectivity index (χ3n) is 2.82. The third kappa shape index (κ3) is 2.11. The van der Waals surface area contributed by atoms with Gasteiger partial charge in [0.05, 0.1) is 11.2 Å². The predicted octanol–water partition coefficient (Wildman–Crippen LogP) is 2.23. The van der Waals surface area contributed by atoms with Gasteiger partial charge >= 0.3 is 0 Å². The second-order valence-electron chi connectivity index (χ2n) is 4.22. The number of aromatic nitrogens is 1.